The number of hydrogen-bond donors (Lipinski definition) is 6. The Morgan fingerprint density at radius 2 is 0.729 bits per heavy atom. The number of nitrogens with zero attached hydrogens (tertiary/aromatic N) is 4. The average Bonchev–Trinajstić information content (AvgIpc) is 3.04. The lowest BCUT2D eigenvalue weighted by Crippen LogP contribution is -2.06. The molecule has 48 heavy (non-hydrogen) atoms. The molecule has 6 aromatic rings. The molecule has 6 aromatic carbocycles. The van der Waals surface area contributed by atoms with Crippen LogP contribution in [0.1, 0.15) is 0 Å². The first-order valence-electron chi connectivity index (χ1n) is 13.9. The van der Waals surface area contributed by atoms with Crippen LogP contribution in [0, 0.1) is 0 Å². The van der Waals surface area contributed by atoms with Crippen molar-refractivity contribution in [2.75, 3.05) is 22.9 Å². The lowest BCUT2D eigenvalue weighted by Gasteiger charge is -2.13. The van der Waals surface area contributed by atoms with Crippen molar-refractivity contribution in [2.45, 2.75) is 9.79 Å². The standard InChI is InChI=1S/C32H26N8O6S2/c33-25-21-5-1-3-7-23(21)31(47(41,42)43)27(35)29(25)39-37-19-13-9-17(10-14-19)18-11-15-20(16-12-18)38-40-30-26(34)22-6-2-4-8-24(22)32(28(30)36)48(44,45)46/h1-16H,33-36H2,(H,41,42,43)(H,44,45,46). The predicted molar refractivity (Wildman–Crippen MR) is 185 cm³/mol. The molecule has 0 aliphatic rings. The molecular weight excluding hydrogens is 657 g/mol. The molecule has 0 spiro atoms. The van der Waals surface area contributed by atoms with Crippen LogP contribution in [0.5, 0.6) is 0 Å². The van der Waals surface area contributed by atoms with Gasteiger partial charge in [0, 0.05) is 21.5 Å². The number of fused-ring (bicyclic) bond motifs is 2. The second kappa shape index (κ2) is 12.0. The molecule has 0 saturated carbocycles. The molecule has 16 heteroatoms. The molecule has 6 rings (SSSR count). The van der Waals surface area contributed by atoms with Crippen molar-refractivity contribution in [3.8, 4) is 11.1 Å². The van der Waals surface area contributed by atoms with Crippen molar-refractivity contribution in [2.24, 2.45) is 20.5 Å². The van der Waals surface area contributed by atoms with Crippen LogP contribution >= 0.6 is 0 Å². The topological polar surface area (TPSA) is 262 Å². The van der Waals surface area contributed by atoms with Crippen LogP contribution in [0.4, 0.5) is 45.5 Å². The molecule has 0 unspecified atom stereocenters. The highest BCUT2D eigenvalue weighted by molar-refractivity contribution is 7.86. The fourth-order valence-corrected chi connectivity index (χ4v) is 6.97. The van der Waals surface area contributed by atoms with Gasteiger partial charge in [-0.25, -0.2) is 0 Å². The minimum atomic E-state index is -4.70. The van der Waals surface area contributed by atoms with Gasteiger partial charge in [0.15, 0.2) is 0 Å². The van der Waals surface area contributed by atoms with Crippen LogP contribution in [-0.2, 0) is 20.2 Å². The van der Waals surface area contributed by atoms with Crippen molar-refractivity contribution in [3.63, 3.8) is 0 Å². The van der Waals surface area contributed by atoms with Gasteiger partial charge in [0.25, 0.3) is 20.2 Å². The Hall–Kier alpha value is -5.94. The summed E-state index contributed by atoms with van der Waals surface area (Å²) in [5, 5.41) is 17.6. The monoisotopic (exact) mass is 682 g/mol. The lowest BCUT2D eigenvalue weighted by molar-refractivity contribution is 0.482. The van der Waals surface area contributed by atoms with E-state index in [4.69, 9.17) is 22.9 Å². The first-order valence-corrected chi connectivity index (χ1v) is 16.8. The number of benzene rings is 6. The van der Waals surface area contributed by atoms with Crippen LogP contribution in [0.2, 0.25) is 0 Å². The zero-order chi connectivity index (χ0) is 34.4. The Kier molecular flexibility index (Phi) is 8.01. The van der Waals surface area contributed by atoms with Gasteiger partial charge in [0.2, 0.25) is 0 Å². The van der Waals surface area contributed by atoms with E-state index in [0.29, 0.717) is 22.1 Å². The molecule has 0 fully saturated rings. The van der Waals surface area contributed by atoms with Crippen LogP contribution in [0.25, 0.3) is 32.7 Å². The van der Waals surface area contributed by atoms with Crippen LogP contribution < -0.4 is 22.9 Å². The van der Waals surface area contributed by atoms with Crippen molar-refractivity contribution in [3.05, 3.63) is 97.1 Å². The highest BCUT2D eigenvalue weighted by atomic mass is 32.2. The summed E-state index contributed by atoms with van der Waals surface area (Å²) in [7, 11) is -9.39. The number of azo groups is 2. The molecule has 0 amide bonds. The molecule has 0 bridgehead atoms. The first-order chi connectivity index (χ1) is 22.8. The molecule has 0 atom stereocenters. The second-order valence-corrected chi connectivity index (χ2v) is 13.3. The van der Waals surface area contributed by atoms with Crippen LogP contribution in [0.15, 0.2) is 127 Å². The SMILES string of the molecule is Nc1c(N=Nc2ccc(-c3ccc(N=Nc4c(N)c(S(=O)(=O)O)c5ccccc5c4N)cc3)cc2)c(N)c2ccccc2c1S(=O)(=O)O. The molecule has 242 valence electrons. The smallest absolute Gasteiger partial charge is 0.297 e. The molecular formula is C32H26N8O6S2. The maximum absolute atomic E-state index is 12.1. The average molecular weight is 683 g/mol. The zero-order valence-corrected chi connectivity index (χ0v) is 26.3. The van der Waals surface area contributed by atoms with E-state index >= 15 is 0 Å². The summed E-state index contributed by atoms with van der Waals surface area (Å²) in [5.41, 5.74) is 26.6. The summed E-state index contributed by atoms with van der Waals surface area (Å²) in [6.07, 6.45) is 0. The molecule has 0 aliphatic carbocycles. The van der Waals surface area contributed by atoms with E-state index < -0.39 is 30.0 Å². The van der Waals surface area contributed by atoms with Gasteiger partial charge in [-0.1, -0.05) is 72.8 Å². The van der Waals surface area contributed by atoms with E-state index in [2.05, 4.69) is 20.5 Å². The highest BCUT2D eigenvalue weighted by Gasteiger charge is 2.25. The summed E-state index contributed by atoms with van der Waals surface area (Å²) >= 11 is 0. The van der Waals surface area contributed by atoms with Gasteiger partial charge < -0.3 is 22.9 Å². The summed E-state index contributed by atoms with van der Waals surface area (Å²) in [4.78, 5) is -0.988. The summed E-state index contributed by atoms with van der Waals surface area (Å²) in [5.74, 6) is 0. The van der Waals surface area contributed by atoms with Gasteiger partial charge in [-0.3, -0.25) is 9.11 Å². The van der Waals surface area contributed by atoms with Gasteiger partial charge in [0.1, 0.15) is 21.2 Å². The van der Waals surface area contributed by atoms with E-state index in [9.17, 15) is 25.9 Å². The summed E-state index contributed by atoms with van der Waals surface area (Å²) < 4.78 is 68.2. The zero-order valence-electron chi connectivity index (χ0n) is 24.7. The van der Waals surface area contributed by atoms with Crippen molar-refractivity contribution in [1.29, 1.82) is 0 Å². The maximum atomic E-state index is 12.1. The highest BCUT2D eigenvalue weighted by Crippen LogP contribution is 2.44. The van der Waals surface area contributed by atoms with Crippen molar-refractivity contribution in [1.82, 2.24) is 0 Å². The summed E-state index contributed by atoms with van der Waals surface area (Å²) in [6, 6.07) is 26.5. The van der Waals surface area contributed by atoms with Gasteiger partial charge in [0.05, 0.1) is 34.1 Å². The van der Waals surface area contributed by atoms with Gasteiger partial charge >= 0.3 is 0 Å². The second-order valence-electron chi connectivity index (χ2n) is 10.5. The van der Waals surface area contributed by atoms with Gasteiger partial charge in [-0.05, 0) is 35.4 Å². The van der Waals surface area contributed by atoms with Crippen molar-refractivity contribution < 1.29 is 25.9 Å². The Balaban J connectivity index is 1.26. The first kappa shape index (κ1) is 32.0. The molecule has 0 heterocycles. The minimum Gasteiger partial charge on any atom is -0.396 e. The molecule has 0 aliphatic heterocycles. The fourth-order valence-electron chi connectivity index (χ4n) is 5.31. The number of nitrogens with two attached hydrogens (primary N) is 4. The summed E-state index contributed by atoms with van der Waals surface area (Å²) in [6.45, 7) is 0. The normalized spacial score (nSPS) is 12.5. The Labute approximate surface area is 273 Å². The third-order valence-corrected chi connectivity index (χ3v) is 9.46. The molecule has 0 radical (unpaired) electrons. The predicted octanol–water partition coefficient (Wildman–Crippen LogP) is 7.31. The van der Waals surface area contributed by atoms with E-state index in [1.165, 1.54) is 12.1 Å². The third-order valence-electron chi connectivity index (χ3n) is 7.55. The molecule has 10 N–H and O–H groups in total. The molecule has 0 saturated heterocycles. The quantitative estimate of drug-likeness (QED) is 0.0555. The number of hydrogen-bond acceptors (Lipinski definition) is 12. The fraction of sp³-hybridized carbons (Fsp3) is 0. The van der Waals surface area contributed by atoms with Crippen LogP contribution in [0.3, 0.4) is 0 Å². The third kappa shape index (κ3) is 5.87. The van der Waals surface area contributed by atoms with Gasteiger partial charge in [-0.2, -0.15) is 27.1 Å². The molecule has 0 aromatic heterocycles. The van der Waals surface area contributed by atoms with E-state index in [-0.39, 0.29) is 44.9 Å². The van der Waals surface area contributed by atoms with Gasteiger partial charge in [-0.15, -0.1) is 10.2 Å². The largest absolute Gasteiger partial charge is 0.396 e. The minimum absolute atomic E-state index is 0.0865. The number of anilines is 4. The molecule has 14 nitrogen and oxygen atoms in total. The van der Waals surface area contributed by atoms with Crippen LogP contribution in [-0.4, -0.2) is 25.9 Å². The Morgan fingerprint density at radius 1 is 0.417 bits per heavy atom. The van der Waals surface area contributed by atoms with E-state index in [0.717, 1.165) is 11.1 Å². The number of rotatable bonds is 7. The van der Waals surface area contributed by atoms with E-state index in [1.54, 1.807) is 84.9 Å². The van der Waals surface area contributed by atoms with E-state index in [1.807, 2.05) is 0 Å². The Bertz CT molecular complexity index is 2360. The lowest BCUT2D eigenvalue weighted by atomic mass is 10.1. The van der Waals surface area contributed by atoms with Crippen molar-refractivity contribution >= 4 is 87.3 Å². The number of nitrogen functional groups attached to an aromatic ring is 4. The maximum Gasteiger partial charge on any atom is 0.297 e. The Morgan fingerprint density at radius 3 is 1.04 bits per heavy atom.